The van der Waals surface area contributed by atoms with Gasteiger partial charge < -0.3 is 10.1 Å². The molecular weight excluding hydrogens is 279 g/mol. The summed E-state index contributed by atoms with van der Waals surface area (Å²) in [6.07, 6.45) is 0. The van der Waals surface area contributed by atoms with Crippen LogP contribution in [0.1, 0.15) is 22.7 Å². The monoisotopic (exact) mass is 295 g/mol. The summed E-state index contributed by atoms with van der Waals surface area (Å²) < 4.78 is 46.8. The van der Waals surface area contributed by atoms with Crippen molar-refractivity contribution in [1.29, 1.82) is 0 Å². The summed E-state index contributed by atoms with van der Waals surface area (Å²) in [5.74, 6) is -1.81. The average Bonchev–Trinajstić information content (AvgIpc) is 2.45. The van der Waals surface area contributed by atoms with E-state index in [2.05, 4.69) is 5.32 Å². The molecular formula is C16H16F3NO. The number of nitrogens with one attached hydrogen (secondary N) is 1. The van der Waals surface area contributed by atoms with Crippen LogP contribution in [0.15, 0.2) is 30.3 Å². The molecule has 5 heteroatoms. The number of benzene rings is 2. The minimum absolute atomic E-state index is 0.0960. The quantitative estimate of drug-likeness (QED) is 0.928. The van der Waals surface area contributed by atoms with E-state index in [1.807, 2.05) is 0 Å². The lowest BCUT2D eigenvalue weighted by Gasteiger charge is -2.19. The summed E-state index contributed by atoms with van der Waals surface area (Å²) in [6, 6.07) is 5.92. The summed E-state index contributed by atoms with van der Waals surface area (Å²) in [4.78, 5) is 0. The van der Waals surface area contributed by atoms with Crippen molar-refractivity contribution in [2.24, 2.45) is 0 Å². The van der Waals surface area contributed by atoms with Crippen LogP contribution in [0.2, 0.25) is 0 Å². The van der Waals surface area contributed by atoms with Gasteiger partial charge in [-0.2, -0.15) is 0 Å². The third-order valence-corrected chi connectivity index (χ3v) is 3.39. The number of methoxy groups -OCH3 is 1. The molecule has 2 nitrogen and oxygen atoms in total. The molecule has 21 heavy (non-hydrogen) atoms. The predicted molar refractivity (Wildman–Crippen MR) is 74.9 cm³/mol. The molecule has 0 saturated carbocycles. The fraction of sp³-hybridized carbons (Fsp3) is 0.250. The van der Waals surface area contributed by atoms with Crippen molar-refractivity contribution in [3.05, 3.63) is 64.5 Å². The topological polar surface area (TPSA) is 21.3 Å². The van der Waals surface area contributed by atoms with Gasteiger partial charge >= 0.3 is 0 Å². The molecule has 2 aromatic carbocycles. The van der Waals surface area contributed by atoms with Crippen molar-refractivity contribution in [1.82, 2.24) is 5.32 Å². The van der Waals surface area contributed by atoms with E-state index in [-0.39, 0.29) is 11.3 Å². The zero-order valence-electron chi connectivity index (χ0n) is 12.0. The van der Waals surface area contributed by atoms with Crippen molar-refractivity contribution >= 4 is 0 Å². The summed E-state index contributed by atoms with van der Waals surface area (Å²) >= 11 is 0. The average molecular weight is 295 g/mol. The first-order valence-electron chi connectivity index (χ1n) is 6.44. The molecule has 0 saturated heterocycles. The molecule has 0 bridgehead atoms. The lowest BCUT2D eigenvalue weighted by atomic mass is 9.96. The molecule has 1 atom stereocenters. The zero-order valence-corrected chi connectivity index (χ0v) is 12.0. The van der Waals surface area contributed by atoms with Gasteiger partial charge in [-0.3, -0.25) is 0 Å². The van der Waals surface area contributed by atoms with Gasteiger partial charge in [0.1, 0.15) is 23.2 Å². The first-order valence-corrected chi connectivity index (χ1v) is 6.44. The normalized spacial score (nSPS) is 12.3. The SMILES string of the molecule is CNC(c1ccc(C)c(F)c1)c1c(F)cc(OC)cc1F. The fourth-order valence-electron chi connectivity index (χ4n) is 2.22. The molecule has 0 spiro atoms. The van der Waals surface area contributed by atoms with Crippen molar-refractivity contribution in [2.75, 3.05) is 14.2 Å². The van der Waals surface area contributed by atoms with Gasteiger partial charge in [-0.15, -0.1) is 0 Å². The van der Waals surface area contributed by atoms with E-state index < -0.39 is 23.5 Å². The van der Waals surface area contributed by atoms with Gasteiger partial charge in [0.25, 0.3) is 0 Å². The smallest absolute Gasteiger partial charge is 0.134 e. The van der Waals surface area contributed by atoms with Gasteiger partial charge in [0.05, 0.1) is 13.2 Å². The van der Waals surface area contributed by atoms with Crippen LogP contribution in [0.4, 0.5) is 13.2 Å². The molecule has 1 unspecified atom stereocenters. The first-order chi connectivity index (χ1) is 9.97. The Morgan fingerprint density at radius 2 is 1.62 bits per heavy atom. The van der Waals surface area contributed by atoms with Crippen LogP contribution < -0.4 is 10.1 Å². The van der Waals surface area contributed by atoms with Crippen molar-refractivity contribution < 1.29 is 17.9 Å². The highest BCUT2D eigenvalue weighted by Crippen LogP contribution is 2.30. The minimum Gasteiger partial charge on any atom is -0.497 e. The Morgan fingerprint density at radius 3 is 2.10 bits per heavy atom. The summed E-state index contributed by atoms with van der Waals surface area (Å²) in [6.45, 7) is 1.63. The van der Waals surface area contributed by atoms with Gasteiger partial charge in [0.15, 0.2) is 0 Å². The first kappa shape index (κ1) is 15.4. The van der Waals surface area contributed by atoms with E-state index in [1.165, 1.54) is 13.2 Å². The molecule has 0 aliphatic rings. The maximum atomic E-state index is 14.1. The Hall–Kier alpha value is -2.01. The second-order valence-corrected chi connectivity index (χ2v) is 4.74. The molecule has 1 N–H and O–H groups in total. The van der Waals surface area contributed by atoms with Gasteiger partial charge in [-0.05, 0) is 31.2 Å². The molecule has 0 heterocycles. The Kier molecular flexibility index (Phi) is 4.53. The van der Waals surface area contributed by atoms with E-state index >= 15 is 0 Å². The highest BCUT2D eigenvalue weighted by Gasteiger charge is 2.22. The minimum atomic E-state index is -0.786. The number of ether oxygens (including phenoxy) is 1. The lowest BCUT2D eigenvalue weighted by Crippen LogP contribution is -2.20. The number of halogens is 3. The molecule has 0 radical (unpaired) electrons. The van der Waals surface area contributed by atoms with Crippen molar-refractivity contribution in [2.45, 2.75) is 13.0 Å². The second kappa shape index (κ2) is 6.18. The third-order valence-electron chi connectivity index (χ3n) is 3.39. The maximum Gasteiger partial charge on any atom is 0.134 e. The predicted octanol–water partition coefficient (Wildman–Crippen LogP) is 3.73. The highest BCUT2D eigenvalue weighted by molar-refractivity contribution is 5.39. The molecule has 0 aliphatic heterocycles. The number of hydrogen-bond acceptors (Lipinski definition) is 2. The van der Waals surface area contributed by atoms with Crippen molar-refractivity contribution in [3.8, 4) is 5.75 Å². The molecule has 0 fully saturated rings. The van der Waals surface area contributed by atoms with Crippen LogP contribution in [0, 0.1) is 24.4 Å². The number of aryl methyl sites for hydroxylation is 1. The van der Waals surface area contributed by atoms with Crippen LogP contribution in [0.3, 0.4) is 0 Å². The third kappa shape index (κ3) is 3.03. The largest absolute Gasteiger partial charge is 0.497 e. The van der Waals surface area contributed by atoms with E-state index in [0.717, 1.165) is 12.1 Å². The Morgan fingerprint density at radius 1 is 1.00 bits per heavy atom. The van der Waals surface area contributed by atoms with Crippen molar-refractivity contribution in [3.63, 3.8) is 0 Å². The van der Waals surface area contributed by atoms with Crippen LogP contribution in [-0.2, 0) is 0 Å². The number of rotatable bonds is 4. The zero-order chi connectivity index (χ0) is 15.6. The Labute approximate surface area is 121 Å². The Balaban J connectivity index is 2.53. The second-order valence-electron chi connectivity index (χ2n) is 4.74. The molecule has 0 aliphatic carbocycles. The van der Waals surface area contributed by atoms with Gasteiger partial charge in [0.2, 0.25) is 0 Å². The molecule has 0 amide bonds. The van der Waals surface area contributed by atoms with E-state index in [9.17, 15) is 13.2 Å². The Bertz CT molecular complexity index is 635. The van der Waals surface area contributed by atoms with Gasteiger partial charge in [-0.1, -0.05) is 12.1 Å². The van der Waals surface area contributed by atoms with E-state index in [4.69, 9.17) is 4.74 Å². The summed E-state index contributed by atoms with van der Waals surface area (Å²) in [7, 11) is 2.89. The molecule has 2 rings (SSSR count). The van der Waals surface area contributed by atoms with Crippen LogP contribution in [0.5, 0.6) is 5.75 Å². The lowest BCUT2D eigenvalue weighted by molar-refractivity contribution is 0.403. The van der Waals surface area contributed by atoms with E-state index in [0.29, 0.717) is 11.1 Å². The number of hydrogen-bond donors (Lipinski definition) is 1. The van der Waals surface area contributed by atoms with Crippen LogP contribution in [-0.4, -0.2) is 14.2 Å². The fourth-order valence-corrected chi connectivity index (χ4v) is 2.22. The summed E-state index contributed by atoms with van der Waals surface area (Å²) in [5.41, 5.74) is 0.759. The van der Waals surface area contributed by atoms with Crippen LogP contribution >= 0.6 is 0 Å². The highest BCUT2D eigenvalue weighted by atomic mass is 19.1. The maximum absolute atomic E-state index is 14.1. The molecule has 0 aromatic heterocycles. The summed E-state index contributed by atoms with van der Waals surface area (Å²) in [5, 5.41) is 2.81. The van der Waals surface area contributed by atoms with Gasteiger partial charge in [0, 0.05) is 17.7 Å². The standard InChI is InChI=1S/C16H16F3NO/c1-9-4-5-10(6-12(9)17)16(20-2)15-13(18)7-11(21-3)8-14(15)19/h4-8,16,20H,1-3H3. The van der Waals surface area contributed by atoms with E-state index in [1.54, 1.807) is 26.1 Å². The van der Waals surface area contributed by atoms with Gasteiger partial charge in [-0.25, -0.2) is 13.2 Å². The molecule has 112 valence electrons. The molecule has 2 aromatic rings. The van der Waals surface area contributed by atoms with Crippen LogP contribution in [0.25, 0.3) is 0 Å².